The molecule has 0 radical (unpaired) electrons. The monoisotopic (exact) mass is 239 g/mol. The van der Waals surface area contributed by atoms with Crippen LogP contribution in [0.2, 0.25) is 0 Å². The van der Waals surface area contributed by atoms with E-state index >= 15 is 0 Å². The highest BCUT2D eigenvalue weighted by Crippen LogP contribution is 2.16. The molecule has 2 aromatic rings. The predicted molar refractivity (Wildman–Crippen MR) is 52.8 cm³/mol. The molecule has 0 unspecified atom stereocenters. The molecule has 5 heteroatoms. The van der Waals surface area contributed by atoms with Gasteiger partial charge in [0.2, 0.25) is 0 Å². The first kappa shape index (κ1) is 8.25. The third-order valence-electron chi connectivity index (χ3n) is 1.71. The number of nitrogens with zero attached hydrogens (tertiary/aromatic N) is 2. The molecule has 13 heavy (non-hydrogen) atoms. The van der Waals surface area contributed by atoms with E-state index in [1.165, 1.54) is 6.20 Å². The van der Waals surface area contributed by atoms with Crippen LogP contribution >= 0.6 is 15.9 Å². The number of anilines is 1. The van der Waals surface area contributed by atoms with Gasteiger partial charge in [0.05, 0.1) is 6.20 Å². The Morgan fingerprint density at radius 3 is 3.00 bits per heavy atom. The molecule has 0 saturated carbocycles. The maximum atomic E-state index is 11.1. The van der Waals surface area contributed by atoms with E-state index in [0.717, 1.165) is 9.86 Å². The summed E-state index contributed by atoms with van der Waals surface area (Å²) in [6, 6.07) is 5.47. The first-order valence-corrected chi connectivity index (χ1v) is 4.41. The van der Waals surface area contributed by atoms with Crippen molar-refractivity contribution in [2.75, 3.05) is 5.73 Å². The van der Waals surface area contributed by atoms with Gasteiger partial charge in [0.25, 0.3) is 0 Å². The third-order valence-corrected chi connectivity index (χ3v) is 2.20. The number of halogens is 1. The molecule has 1 heterocycles. The number of nitrogens with two attached hydrogens (primary N) is 1. The molecule has 0 saturated heterocycles. The van der Waals surface area contributed by atoms with E-state index in [4.69, 9.17) is 5.73 Å². The van der Waals surface area contributed by atoms with Crippen molar-refractivity contribution < 1.29 is 4.73 Å². The van der Waals surface area contributed by atoms with E-state index in [1.807, 2.05) is 12.1 Å². The first-order chi connectivity index (χ1) is 6.16. The maximum Gasteiger partial charge on any atom is 0.390 e. The molecular weight excluding hydrogens is 234 g/mol. The summed E-state index contributed by atoms with van der Waals surface area (Å²) < 4.78 is 1.46. The van der Waals surface area contributed by atoms with Gasteiger partial charge in [0.1, 0.15) is 0 Å². The Kier molecular flexibility index (Phi) is 1.81. The summed E-state index contributed by atoms with van der Waals surface area (Å²) in [5, 5.41) is 11.8. The second-order valence-corrected chi connectivity index (χ2v) is 3.54. The van der Waals surface area contributed by atoms with E-state index in [1.54, 1.807) is 6.07 Å². The van der Waals surface area contributed by atoms with Gasteiger partial charge in [0.15, 0.2) is 5.52 Å². The molecule has 0 fully saturated rings. The molecule has 0 aliphatic carbocycles. The number of hydrogen-bond donors (Lipinski definition) is 1. The van der Waals surface area contributed by atoms with Crippen LogP contribution in [-0.2, 0) is 0 Å². The number of benzene rings is 1. The molecule has 4 nitrogen and oxygen atoms in total. The molecule has 2 rings (SSSR count). The summed E-state index contributed by atoms with van der Waals surface area (Å²) in [5.74, 6) is -0.0326. The van der Waals surface area contributed by atoms with E-state index < -0.39 is 0 Å². The summed E-state index contributed by atoms with van der Waals surface area (Å²) in [4.78, 5) is 3.92. The second-order valence-electron chi connectivity index (χ2n) is 2.63. The van der Waals surface area contributed by atoms with Crippen molar-refractivity contribution in [3.05, 3.63) is 34.1 Å². The molecule has 0 aliphatic heterocycles. The van der Waals surface area contributed by atoms with Gasteiger partial charge in [0, 0.05) is 9.86 Å². The lowest BCUT2D eigenvalue weighted by Crippen LogP contribution is -2.31. The molecular formula is C8H6BrN3O. The fourth-order valence-corrected chi connectivity index (χ4v) is 1.47. The normalized spacial score (nSPS) is 10.5. The second kappa shape index (κ2) is 2.85. The van der Waals surface area contributed by atoms with Crippen molar-refractivity contribution in [2.45, 2.75) is 0 Å². The Bertz CT molecular complexity index is 472. The Hall–Kier alpha value is -1.36. The minimum Gasteiger partial charge on any atom is -0.740 e. The van der Waals surface area contributed by atoms with Crippen molar-refractivity contribution in [2.24, 2.45) is 0 Å². The number of fused-ring (bicyclic) bond motifs is 1. The molecule has 0 atom stereocenters. The Labute approximate surface area is 82.7 Å². The quantitative estimate of drug-likeness (QED) is 0.556. The maximum absolute atomic E-state index is 11.1. The van der Waals surface area contributed by atoms with Gasteiger partial charge < -0.3 is 5.21 Å². The average Bonchev–Trinajstić information content (AvgIpc) is 2.08. The van der Waals surface area contributed by atoms with Crippen LogP contribution in [-0.4, -0.2) is 4.98 Å². The van der Waals surface area contributed by atoms with Crippen LogP contribution in [0.15, 0.2) is 28.9 Å². The van der Waals surface area contributed by atoms with Crippen LogP contribution in [0.4, 0.5) is 5.95 Å². The molecule has 0 spiro atoms. The van der Waals surface area contributed by atoms with Crippen LogP contribution in [0.25, 0.3) is 10.9 Å². The van der Waals surface area contributed by atoms with Crippen molar-refractivity contribution in [3.8, 4) is 0 Å². The van der Waals surface area contributed by atoms with Gasteiger partial charge in [-0.25, -0.2) is 4.73 Å². The summed E-state index contributed by atoms with van der Waals surface area (Å²) in [7, 11) is 0. The first-order valence-electron chi connectivity index (χ1n) is 3.62. The van der Waals surface area contributed by atoms with Crippen molar-refractivity contribution >= 4 is 32.8 Å². The zero-order valence-corrected chi connectivity index (χ0v) is 8.15. The fourth-order valence-electron chi connectivity index (χ4n) is 1.10. The average molecular weight is 240 g/mol. The Morgan fingerprint density at radius 2 is 2.23 bits per heavy atom. The lowest BCUT2D eigenvalue weighted by atomic mass is 10.2. The molecule has 0 bridgehead atoms. The van der Waals surface area contributed by atoms with E-state index in [0.29, 0.717) is 10.2 Å². The third kappa shape index (κ3) is 1.42. The minimum atomic E-state index is -0.0326. The molecule has 0 aliphatic rings. The molecule has 66 valence electrons. The largest absolute Gasteiger partial charge is 0.740 e. The number of nitrogen functional groups attached to an aromatic ring is 1. The minimum absolute atomic E-state index is 0.0326. The molecule has 2 N–H and O–H groups in total. The van der Waals surface area contributed by atoms with Crippen LogP contribution in [0, 0.1) is 5.21 Å². The summed E-state index contributed by atoms with van der Waals surface area (Å²) in [6.45, 7) is 0. The lowest BCUT2D eigenvalue weighted by Gasteiger charge is -2.04. The zero-order valence-electron chi connectivity index (χ0n) is 6.57. The van der Waals surface area contributed by atoms with E-state index in [-0.39, 0.29) is 5.95 Å². The molecule has 0 amide bonds. The van der Waals surface area contributed by atoms with Crippen molar-refractivity contribution in [1.29, 1.82) is 0 Å². The smallest absolute Gasteiger partial charge is 0.390 e. The number of rotatable bonds is 0. The van der Waals surface area contributed by atoms with E-state index in [9.17, 15) is 5.21 Å². The summed E-state index contributed by atoms with van der Waals surface area (Å²) >= 11 is 3.31. The zero-order chi connectivity index (χ0) is 9.42. The van der Waals surface area contributed by atoms with Gasteiger partial charge in [-0.05, 0) is 18.2 Å². The summed E-state index contributed by atoms with van der Waals surface area (Å²) in [5.41, 5.74) is 6.07. The van der Waals surface area contributed by atoms with Crippen molar-refractivity contribution in [1.82, 2.24) is 4.98 Å². The fraction of sp³-hybridized carbons (Fsp3) is 0. The number of aromatic nitrogens is 2. The van der Waals surface area contributed by atoms with Crippen LogP contribution < -0.4 is 10.5 Å². The van der Waals surface area contributed by atoms with Gasteiger partial charge >= 0.3 is 5.95 Å². The molecule has 1 aromatic heterocycles. The Morgan fingerprint density at radius 1 is 1.46 bits per heavy atom. The number of hydrogen-bond acceptors (Lipinski definition) is 3. The van der Waals surface area contributed by atoms with Crippen LogP contribution in [0.5, 0.6) is 0 Å². The lowest BCUT2D eigenvalue weighted by molar-refractivity contribution is -0.591. The summed E-state index contributed by atoms with van der Waals surface area (Å²) in [6.07, 6.45) is 1.41. The van der Waals surface area contributed by atoms with Crippen molar-refractivity contribution in [3.63, 3.8) is 0 Å². The highest BCUT2D eigenvalue weighted by molar-refractivity contribution is 9.10. The van der Waals surface area contributed by atoms with Crippen LogP contribution in [0.3, 0.4) is 0 Å². The van der Waals surface area contributed by atoms with E-state index in [2.05, 4.69) is 20.9 Å². The van der Waals surface area contributed by atoms with Gasteiger partial charge in [-0.2, -0.15) is 0 Å². The van der Waals surface area contributed by atoms with Gasteiger partial charge in [-0.1, -0.05) is 20.9 Å². The van der Waals surface area contributed by atoms with Gasteiger partial charge in [-0.15, -0.1) is 0 Å². The standard InChI is InChI=1S/C8H6BrN3O/c9-6-1-2-7-5(3-6)4-12(13)8(10)11-7/h1-4H,(H2,10,11). The highest BCUT2D eigenvalue weighted by Gasteiger charge is 2.04. The highest BCUT2D eigenvalue weighted by atomic mass is 79.9. The van der Waals surface area contributed by atoms with Gasteiger partial charge in [-0.3, -0.25) is 5.73 Å². The topological polar surface area (TPSA) is 65.8 Å². The Balaban J connectivity index is 2.81. The van der Waals surface area contributed by atoms with Crippen LogP contribution in [0.1, 0.15) is 0 Å². The SMILES string of the molecule is Nc1nc2ccc(Br)cc2c[n+]1[O-]. The molecule has 1 aromatic carbocycles. The predicted octanol–water partition coefficient (Wildman–Crippen LogP) is 1.21.